The molecule has 3 nitrogen and oxygen atoms in total. The standard InChI is InChI=1S/C15H25NO2.ClH/c1-3-4-12-18-15-8-6-14(7-9-15)13-16-10-5-11-17-2;/h6-9,16H,3-5,10-13H2,1-2H3;1H. The Balaban J connectivity index is 0.00000324. The number of unbranched alkanes of at least 4 members (excludes halogenated alkanes) is 1. The molecule has 0 fully saturated rings. The second kappa shape index (κ2) is 12.3. The predicted molar refractivity (Wildman–Crippen MR) is 82.3 cm³/mol. The highest BCUT2D eigenvalue weighted by Gasteiger charge is 1.95. The fraction of sp³-hybridized carbons (Fsp3) is 0.600. The van der Waals surface area contributed by atoms with E-state index in [-0.39, 0.29) is 12.4 Å². The average molecular weight is 288 g/mol. The number of hydrogen-bond acceptors (Lipinski definition) is 3. The minimum Gasteiger partial charge on any atom is -0.494 e. The molecule has 0 atom stereocenters. The summed E-state index contributed by atoms with van der Waals surface area (Å²) >= 11 is 0. The van der Waals surface area contributed by atoms with Crippen molar-refractivity contribution in [3.8, 4) is 5.75 Å². The van der Waals surface area contributed by atoms with Crippen LogP contribution in [-0.4, -0.2) is 26.9 Å². The monoisotopic (exact) mass is 287 g/mol. The van der Waals surface area contributed by atoms with Gasteiger partial charge in [-0.15, -0.1) is 12.4 Å². The zero-order chi connectivity index (χ0) is 13.1. The van der Waals surface area contributed by atoms with Crippen LogP contribution in [0.4, 0.5) is 0 Å². The van der Waals surface area contributed by atoms with Crippen LogP contribution in [0.5, 0.6) is 5.75 Å². The molecule has 0 saturated carbocycles. The van der Waals surface area contributed by atoms with Crippen LogP contribution in [-0.2, 0) is 11.3 Å². The Labute approximate surface area is 123 Å². The molecule has 4 heteroatoms. The summed E-state index contributed by atoms with van der Waals surface area (Å²) in [6.45, 7) is 5.69. The van der Waals surface area contributed by atoms with Crippen molar-refractivity contribution in [3.05, 3.63) is 29.8 Å². The molecule has 1 aromatic carbocycles. The molecular formula is C15H26ClNO2. The SMILES string of the molecule is CCCCOc1ccc(CNCCCOC)cc1.Cl. The highest BCUT2D eigenvalue weighted by Crippen LogP contribution is 2.12. The van der Waals surface area contributed by atoms with E-state index in [0.717, 1.165) is 44.9 Å². The number of nitrogens with one attached hydrogen (secondary N) is 1. The number of ether oxygens (including phenoxy) is 2. The number of benzene rings is 1. The van der Waals surface area contributed by atoms with Gasteiger partial charge in [0.2, 0.25) is 0 Å². The molecule has 19 heavy (non-hydrogen) atoms. The van der Waals surface area contributed by atoms with Gasteiger partial charge in [0.1, 0.15) is 5.75 Å². The van der Waals surface area contributed by atoms with E-state index >= 15 is 0 Å². The maximum atomic E-state index is 5.62. The van der Waals surface area contributed by atoms with Crippen molar-refractivity contribution in [1.82, 2.24) is 5.32 Å². The van der Waals surface area contributed by atoms with Crippen LogP contribution in [0.15, 0.2) is 24.3 Å². The molecule has 1 rings (SSSR count). The molecule has 1 aromatic rings. The Morgan fingerprint density at radius 1 is 1.05 bits per heavy atom. The lowest BCUT2D eigenvalue weighted by atomic mass is 10.2. The first-order valence-electron chi connectivity index (χ1n) is 6.78. The number of hydrogen-bond donors (Lipinski definition) is 1. The minimum atomic E-state index is 0. The summed E-state index contributed by atoms with van der Waals surface area (Å²) in [6.07, 6.45) is 3.33. The number of halogens is 1. The predicted octanol–water partition coefficient (Wildman–Crippen LogP) is 3.41. The Hall–Kier alpha value is -0.770. The van der Waals surface area contributed by atoms with Gasteiger partial charge in [0.15, 0.2) is 0 Å². The molecule has 0 saturated heterocycles. The molecule has 0 heterocycles. The van der Waals surface area contributed by atoms with Crippen LogP contribution in [0.2, 0.25) is 0 Å². The van der Waals surface area contributed by atoms with Crippen LogP contribution in [0, 0.1) is 0 Å². The molecule has 0 aromatic heterocycles. The average Bonchev–Trinajstić information content (AvgIpc) is 2.40. The lowest BCUT2D eigenvalue weighted by Gasteiger charge is -2.07. The second-order valence-electron chi connectivity index (χ2n) is 4.37. The topological polar surface area (TPSA) is 30.5 Å². The Bertz CT molecular complexity index is 304. The summed E-state index contributed by atoms with van der Waals surface area (Å²) in [6, 6.07) is 8.32. The maximum Gasteiger partial charge on any atom is 0.119 e. The molecule has 0 bridgehead atoms. The quantitative estimate of drug-likeness (QED) is 0.669. The number of rotatable bonds is 10. The van der Waals surface area contributed by atoms with Crippen molar-refractivity contribution in [2.75, 3.05) is 26.9 Å². The first-order chi connectivity index (χ1) is 8.86. The van der Waals surface area contributed by atoms with Gasteiger partial charge in [-0.05, 0) is 37.1 Å². The van der Waals surface area contributed by atoms with Gasteiger partial charge in [0, 0.05) is 20.3 Å². The normalized spacial score (nSPS) is 10.0. The highest BCUT2D eigenvalue weighted by molar-refractivity contribution is 5.85. The van der Waals surface area contributed by atoms with Crippen LogP contribution >= 0.6 is 12.4 Å². The van der Waals surface area contributed by atoms with Crippen LogP contribution in [0.3, 0.4) is 0 Å². The number of methoxy groups -OCH3 is 1. The lowest BCUT2D eigenvalue weighted by molar-refractivity contribution is 0.194. The summed E-state index contributed by atoms with van der Waals surface area (Å²) in [5.74, 6) is 0.964. The van der Waals surface area contributed by atoms with Crippen LogP contribution in [0.25, 0.3) is 0 Å². The van der Waals surface area contributed by atoms with Gasteiger partial charge < -0.3 is 14.8 Å². The molecule has 1 N–H and O–H groups in total. The van der Waals surface area contributed by atoms with Gasteiger partial charge in [-0.1, -0.05) is 25.5 Å². The van der Waals surface area contributed by atoms with Gasteiger partial charge in [-0.2, -0.15) is 0 Å². The van der Waals surface area contributed by atoms with E-state index in [1.54, 1.807) is 7.11 Å². The van der Waals surface area contributed by atoms with E-state index in [9.17, 15) is 0 Å². The summed E-state index contributed by atoms with van der Waals surface area (Å²) < 4.78 is 10.6. The molecule has 0 spiro atoms. The van der Waals surface area contributed by atoms with Crippen molar-refractivity contribution in [1.29, 1.82) is 0 Å². The van der Waals surface area contributed by atoms with E-state index in [4.69, 9.17) is 9.47 Å². The maximum absolute atomic E-state index is 5.62. The van der Waals surface area contributed by atoms with E-state index < -0.39 is 0 Å². The third kappa shape index (κ3) is 8.87. The summed E-state index contributed by atoms with van der Waals surface area (Å²) in [5, 5.41) is 3.39. The van der Waals surface area contributed by atoms with Crippen molar-refractivity contribution in [2.45, 2.75) is 32.7 Å². The second-order valence-corrected chi connectivity index (χ2v) is 4.37. The smallest absolute Gasteiger partial charge is 0.119 e. The highest BCUT2D eigenvalue weighted by atomic mass is 35.5. The summed E-state index contributed by atoms with van der Waals surface area (Å²) in [4.78, 5) is 0. The van der Waals surface area contributed by atoms with Crippen LogP contribution in [0.1, 0.15) is 31.7 Å². The molecule has 110 valence electrons. The lowest BCUT2D eigenvalue weighted by Crippen LogP contribution is -2.16. The molecule has 0 radical (unpaired) electrons. The fourth-order valence-corrected chi connectivity index (χ4v) is 1.61. The first kappa shape index (κ1) is 18.2. The van der Waals surface area contributed by atoms with E-state index in [0.29, 0.717) is 0 Å². The third-order valence-electron chi connectivity index (χ3n) is 2.72. The molecule has 0 aliphatic carbocycles. The Morgan fingerprint density at radius 3 is 2.42 bits per heavy atom. The minimum absolute atomic E-state index is 0. The van der Waals surface area contributed by atoms with Crippen molar-refractivity contribution in [2.24, 2.45) is 0 Å². The summed E-state index contributed by atoms with van der Waals surface area (Å²) in [7, 11) is 1.73. The van der Waals surface area contributed by atoms with Gasteiger partial charge in [-0.3, -0.25) is 0 Å². The van der Waals surface area contributed by atoms with Gasteiger partial charge in [-0.25, -0.2) is 0 Å². The zero-order valence-electron chi connectivity index (χ0n) is 12.0. The largest absolute Gasteiger partial charge is 0.494 e. The van der Waals surface area contributed by atoms with Crippen molar-refractivity contribution >= 4 is 12.4 Å². The molecule has 0 aliphatic heterocycles. The fourth-order valence-electron chi connectivity index (χ4n) is 1.61. The molecule has 0 unspecified atom stereocenters. The first-order valence-corrected chi connectivity index (χ1v) is 6.78. The van der Waals surface area contributed by atoms with Crippen molar-refractivity contribution < 1.29 is 9.47 Å². The van der Waals surface area contributed by atoms with Crippen LogP contribution < -0.4 is 10.1 Å². The van der Waals surface area contributed by atoms with E-state index in [2.05, 4.69) is 24.4 Å². The van der Waals surface area contributed by atoms with E-state index in [1.807, 2.05) is 12.1 Å². The van der Waals surface area contributed by atoms with Gasteiger partial charge >= 0.3 is 0 Å². The van der Waals surface area contributed by atoms with Gasteiger partial charge in [0.25, 0.3) is 0 Å². The molecular weight excluding hydrogens is 262 g/mol. The zero-order valence-corrected chi connectivity index (χ0v) is 12.8. The third-order valence-corrected chi connectivity index (χ3v) is 2.72. The Kier molecular flexibility index (Phi) is 11.8. The Morgan fingerprint density at radius 2 is 1.79 bits per heavy atom. The summed E-state index contributed by atoms with van der Waals surface area (Å²) in [5.41, 5.74) is 1.29. The molecule has 0 amide bonds. The van der Waals surface area contributed by atoms with Crippen molar-refractivity contribution in [3.63, 3.8) is 0 Å². The molecule has 0 aliphatic rings. The van der Waals surface area contributed by atoms with Gasteiger partial charge in [0.05, 0.1) is 6.61 Å². The van der Waals surface area contributed by atoms with E-state index in [1.165, 1.54) is 12.0 Å².